The first-order chi connectivity index (χ1) is 12.1. The second-order valence-corrected chi connectivity index (χ2v) is 5.70. The number of benzene rings is 1. The first-order valence-electron chi connectivity index (χ1n) is 7.67. The molecule has 2 aromatic heterocycles. The SMILES string of the molecule is Cc1nc(NCc2ccccn2)cc(C(=O)Nc2ccccc2Cl)n1. The predicted octanol–water partition coefficient (Wildman–Crippen LogP) is 3.70. The van der Waals surface area contributed by atoms with E-state index in [4.69, 9.17) is 11.6 Å². The number of para-hydroxylation sites is 1. The average Bonchev–Trinajstić information content (AvgIpc) is 2.62. The highest BCUT2D eigenvalue weighted by molar-refractivity contribution is 6.33. The fourth-order valence-electron chi connectivity index (χ4n) is 2.21. The number of carbonyl (C=O) groups excluding carboxylic acids is 1. The van der Waals surface area contributed by atoms with Crippen LogP contribution in [0.4, 0.5) is 11.5 Å². The Morgan fingerprint density at radius 3 is 2.68 bits per heavy atom. The number of hydrogen-bond donors (Lipinski definition) is 2. The third kappa shape index (κ3) is 4.51. The Bertz CT molecular complexity index is 886. The van der Waals surface area contributed by atoms with Crippen LogP contribution < -0.4 is 10.6 Å². The Labute approximate surface area is 150 Å². The summed E-state index contributed by atoms with van der Waals surface area (Å²) in [4.78, 5) is 25.2. The second kappa shape index (κ2) is 7.72. The van der Waals surface area contributed by atoms with E-state index in [-0.39, 0.29) is 11.6 Å². The lowest BCUT2D eigenvalue weighted by molar-refractivity contribution is 0.102. The van der Waals surface area contributed by atoms with Crippen molar-refractivity contribution in [3.05, 3.63) is 77.0 Å². The van der Waals surface area contributed by atoms with Gasteiger partial charge in [0, 0.05) is 12.3 Å². The van der Waals surface area contributed by atoms with Gasteiger partial charge in [0.05, 0.1) is 22.9 Å². The van der Waals surface area contributed by atoms with E-state index in [9.17, 15) is 4.79 Å². The van der Waals surface area contributed by atoms with Crippen LogP contribution in [0.1, 0.15) is 22.0 Å². The van der Waals surface area contributed by atoms with Crippen molar-refractivity contribution in [1.82, 2.24) is 15.0 Å². The number of nitrogens with zero attached hydrogens (tertiary/aromatic N) is 3. The summed E-state index contributed by atoms with van der Waals surface area (Å²) in [6.07, 6.45) is 1.73. The standard InChI is InChI=1S/C18H16ClN5O/c1-12-22-16(18(25)24-15-8-3-2-7-14(15)19)10-17(23-12)21-11-13-6-4-5-9-20-13/h2-10H,11H2,1H3,(H,24,25)(H,21,22,23). The largest absolute Gasteiger partial charge is 0.364 e. The van der Waals surface area contributed by atoms with E-state index in [1.54, 1.807) is 43.5 Å². The van der Waals surface area contributed by atoms with Crippen molar-refractivity contribution in [2.75, 3.05) is 10.6 Å². The Hall–Kier alpha value is -2.99. The highest BCUT2D eigenvalue weighted by Gasteiger charge is 2.12. The Morgan fingerprint density at radius 2 is 1.92 bits per heavy atom. The molecule has 0 spiro atoms. The summed E-state index contributed by atoms with van der Waals surface area (Å²) >= 11 is 6.07. The molecule has 1 aromatic carbocycles. The molecule has 0 bridgehead atoms. The smallest absolute Gasteiger partial charge is 0.274 e. The lowest BCUT2D eigenvalue weighted by Gasteiger charge is -2.09. The molecule has 7 heteroatoms. The van der Waals surface area contributed by atoms with E-state index < -0.39 is 0 Å². The fourth-order valence-corrected chi connectivity index (χ4v) is 2.39. The lowest BCUT2D eigenvalue weighted by atomic mass is 10.3. The summed E-state index contributed by atoms with van der Waals surface area (Å²) in [5.74, 6) is 0.706. The molecule has 2 N–H and O–H groups in total. The molecule has 0 unspecified atom stereocenters. The van der Waals surface area contributed by atoms with Gasteiger partial charge in [-0.25, -0.2) is 9.97 Å². The van der Waals surface area contributed by atoms with Gasteiger partial charge in [-0.05, 0) is 31.2 Å². The number of carbonyl (C=O) groups is 1. The van der Waals surface area contributed by atoms with Crippen LogP contribution >= 0.6 is 11.6 Å². The van der Waals surface area contributed by atoms with Crippen LogP contribution in [0.15, 0.2) is 54.7 Å². The molecular weight excluding hydrogens is 338 g/mol. The van der Waals surface area contributed by atoms with Gasteiger partial charge < -0.3 is 10.6 Å². The first kappa shape index (κ1) is 16.9. The van der Waals surface area contributed by atoms with Gasteiger partial charge in [-0.1, -0.05) is 29.8 Å². The van der Waals surface area contributed by atoms with Gasteiger partial charge in [0.1, 0.15) is 17.3 Å². The van der Waals surface area contributed by atoms with Crippen LogP contribution in [0.2, 0.25) is 5.02 Å². The summed E-state index contributed by atoms with van der Waals surface area (Å²) in [5, 5.41) is 6.37. The number of anilines is 2. The summed E-state index contributed by atoms with van der Waals surface area (Å²) in [6, 6.07) is 14.3. The molecule has 0 atom stereocenters. The number of pyridine rings is 1. The molecule has 126 valence electrons. The molecule has 3 aromatic rings. The Kier molecular flexibility index (Phi) is 5.20. The van der Waals surface area contributed by atoms with E-state index >= 15 is 0 Å². The minimum Gasteiger partial charge on any atom is -0.364 e. The van der Waals surface area contributed by atoms with Gasteiger partial charge >= 0.3 is 0 Å². The third-order valence-electron chi connectivity index (χ3n) is 3.37. The molecule has 6 nitrogen and oxygen atoms in total. The number of aromatic nitrogens is 3. The van der Waals surface area contributed by atoms with E-state index in [1.807, 2.05) is 18.2 Å². The third-order valence-corrected chi connectivity index (χ3v) is 3.70. The van der Waals surface area contributed by atoms with Crippen molar-refractivity contribution in [1.29, 1.82) is 0 Å². The van der Waals surface area contributed by atoms with Crippen LogP contribution in [-0.2, 0) is 6.54 Å². The van der Waals surface area contributed by atoms with Crippen LogP contribution in [0.3, 0.4) is 0 Å². The number of rotatable bonds is 5. The quantitative estimate of drug-likeness (QED) is 0.731. The van der Waals surface area contributed by atoms with Crippen molar-refractivity contribution in [2.24, 2.45) is 0 Å². The first-order valence-corrected chi connectivity index (χ1v) is 8.05. The van der Waals surface area contributed by atoms with Crippen molar-refractivity contribution in [3.63, 3.8) is 0 Å². The number of hydrogen-bond acceptors (Lipinski definition) is 5. The highest BCUT2D eigenvalue weighted by Crippen LogP contribution is 2.21. The zero-order valence-corrected chi connectivity index (χ0v) is 14.3. The normalized spacial score (nSPS) is 10.3. The summed E-state index contributed by atoms with van der Waals surface area (Å²) in [5.41, 5.74) is 1.67. The molecular formula is C18H16ClN5O. The number of nitrogens with one attached hydrogen (secondary N) is 2. The van der Waals surface area contributed by atoms with E-state index in [1.165, 1.54) is 0 Å². The van der Waals surface area contributed by atoms with Crippen molar-refractivity contribution >= 4 is 29.0 Å². The predicted molar refractivity (Wildman–Crippen MR) is 97.7 cm³/mol. The van der Waals surface area contributed by atoms with E-state index in [2.05, 4.69) is 25.6 Å². The summed E-state index contributed by atoms with van der Waals surface area (Å²) in [6.45, 7) is 2.24. The summed E-state index contributed by atoms with van der Waals surface area (Å²) in [7, 11) is 0. The van der Waals surface area contributed by atoms with Gasteiger partial charge in [0.15, 0.2) is 0 Å². The van der Waals surface area contributed by atoms with Gasteiger partial charge in [0.2, 0.25) is 0 Å². The fraction of sp³-hybridized carbons (Fsp3) is 0.111. The highest BCUT2D eigenvalue weighted by atomic mass is 35.5. The molecule has 1 amide bonds. The minimum atomic E-state index is -0.348. The molecule has 0 saturated heterocycles. The van der Waals surface area contributed by atoms with Crippen LogP contribution in [0, 0.1) is 6.92 Å². The van der Waals surface area contributed by atoms with Gasteiger partial charge in [-0.15, -0.1) is 0 Å². The van der Waals surface area contributed by atoms with E-state index in [0.29, 0.717) is 28.9 Å². The van der Waals surface area contributed by atoms with Gasteiger partial charge in [0.25, 0.3) is 5.91 Å². The molecule has 2 heterocycles. The zero-order valence-electron chi connectivity index (χ0n) is 13.5. The molecule has 3 rings (SSSR count). The maximum absolute atomic E-state index is 12.4. The molecule has 0 aliphatic carbocycles. The Balaban J connectivity index is 1.74. The van der Waals surface area contributed by atoms with Crippen molar-refractivity contribution in [2.45, 2.75) is 13.5 Å². The second-order valence-electron chi connectivity index (χ2n) is 5.29. The number of halogens is 1. The number of aryl methyl sites for hydroxylation is 1. The van der Waals surface area contributed by atoms with Crippen LogP contribution in [0.25, 0.3) is 0 Å². The van der Waals surface area contributed by atoms with Crippen LogP contribution in [-0.4, -0.2) is 20.9 Å². The molecule has 25 heavy (non-hydrogen) atoms. The van der Waals surface area contributed by atoms with Gasteiger partial charge in [-0.3, -0.25) is 9.78 Å². The number of amides is 1. The molecule has 0 saturated carbocycles. The maximum Gasteiger partial charge on any atom is 0.274 e. The molecule has 0 aliphatic rings. The lowest BCUT2D eigenvalue weighted by Crippen LogP contribution is -2.16. The van der Waals surface area contributed by atoms with Crippen LogP contribution in [0.5, 0.6) is 0 Å². The molecule has 0 radical (unpaired) electrons. The van der Waals surface area contributed by atoms with E-state index in [0.717, 1.165) is 5.69 Å². The maximum atomic E-state index is 12.4. The van der Waals surface area contributed by atoms with Crippen molar-refractivity contribution < 1.29 is 4.79 Å². The monoisotopic (exact) mass is 353 g/mol. The molecule has 0 aliphatic heterocycles. The Morgan fingerprint density at radius 1 is 1.12 bits per heavy atom. The zero-order chi connectivity index (χ0) is 17.6. The topological polar surface area (TPSA) is 79.8 Å². The van der Waals surface area contributed by atoms with Crippen molar-refractivity contribution in [3.8, 4) is 0 Å². The average molecular weight is 354 g/mol. The molecule has 0 fully saturated rings. The summed E-state index contributed by atoms with van der Waals surface area (Å²) < 4.78 is 0. The van der Waals surface area contributed by atoms with Gasteiger partial charge in [-0.2, -0.15) is 0 Å². The minimum absolute atomic E-state index is 0.260.